The molecule has 1 aliphatic carbocycles. The highest BCUT2D eigenvalue weighted by Gasteiger charge is 2.42. The number of fused-ring (bicyclic) bond motifs is 1. The minimum absolute atomic E-state index is 0.0231. The van der Waals surface area contributed by atoms with Crippen LogP contribution in [0.2, 0.25) is 0 Å². The third-order valence-corrected chi connectivity index (χ3v) is 2.00. The molecule has 0 amide bonds. The Balaban J connectivity index is 2.15. The zero-order valence-corrected chi connectivity index (χ0v) is 4.59. The summed E-state index contributed by atoms with van der Waals surface area (Å²) in [5.74, 6) is 0.920. The number of hydrogen-bond acceptors (Lipinski definition) is 2. The number of carbonyl (C=O) groups is 1. The molecular formula is C6H8O2. The van der Waals surface area contributed by atoms with Crippen molar-refractivity contribution >= 4 is 5.78 Å². The number of hydrogen-bond donors (Lipinski definition) is 0. The Hall–Kier alpha value is -0.370. The molecule has 0 aromatic carbocycles. The second-order valence-corrected chi connectivity index (χ2v) is 2.52. The number of Topliss-reactive ketones (excluding diaryl/α,β-unsaturated/α-hetero) is 1. The molecule has 2 nitrogen and oxygen atoms in total. The zero-order valence-electron chi connectivity index (χ0n) is 4.59. The molecular weight excluding hydrogens is 104 g/mol. The van der Waals surface area contributed by atoms with E-state index in [4.69, 9.17) is 4.74 Å². The van der Waals surface area contributed by atoms with E-state index in [1.807, 2.05) is 0 Å². The molecule has 1 aliphatic heterocycles. The monoisotopic (exact) mass is 112 g/mol. The fourth-order valence-corrected chi connectivity index (χ4v) is 1.39. The lowest BCUT2D eigenvalue weighted by atomic mass is 10.0. The number of rotatable bonds is 0. The van der Waals surface area contributed by atoms with Gasteiger partial charge in [0.25, 0.3) is 0 Å². The smallest absolute Gasteiger partial charge is 0.161 e. The van der Waals surface area contributed by atoms with E-state index in [-0.39, 0.29) is 6.10 Å². The van der Waals surface area contributed by atoms with E-state index in [2.05, 4.69) is 0 Å². The fraction of sp³-hybridized carbons (Fsp3) is 0.833. The lowest BCUT2D eigenvalue weighted by Gasteiger charge is -2.28. The SMILES string of the molecule is O=C1CCC2COC12. The molecule has 44 valence electrons. The van der Waals surface area contributed by atoms with Crippen LogP contribution in [0, 0.1) is 5.92 Å². The quantitative estimate of drug-likeness (QED) is 0.452. The molecule has 0 radical (unpaired) electrons. The molecule has 0 aromatic rings. The Labute approximate surface area is 47.8 Å². The maximum atomic E-state index is 10.7. The molecule has 0 spiro atoms. The van der Waals surface area contributed by atoms with Gasteiger partial charge in [-0.05, 0) is 6.42 Å². The Morgan fingerprint density at radius 3 is 2.75 bits per heavy atom. The van der Waals surface area contributed by atoms with Crippen molar-refractivity contribution < 1.29 is 9.53 Å². The molecule has 1 saturated heterocycles. The minimum Gasteiger partial charge on any atom is -0.370 e. The summed E-state index contributed by atoms with van der Waals surface area (Å²) >= 11 is 0. The van der Waals surface area contributed by atoms with Gasteiger partial charge in [-0.2, -0.15) is 0 Å². The van der Waals surface area contributed by atoms with Crippen molar-refractivity contribution in [2.45, 2.75) is 18.9 Å². The van der Waals surface area contributed by atoms with Crippen LogP contribution in [-0.2, 0) is 9.53 Å². The molecule has 2 heteroatoms. The van der Waals surface area contributed by atoms with Gasteiger partial charge in [-0.1, -0.05) is 0 Å². The molecule has 1 heterocycles. The van der Waals surface area contributed by atoms with Gasteiger partial charge < -0.3 is 4.74 Å². The van der Waals surface area contributed by atoms with Gasteiger partial charge in [-0.3, -0.25) is 4.79 Å². The fourth-order valence-electron chi connectivity index (χ4n) is 1.39. The molecule has 0 bridgehead atoms. The first-order valence-electron chi connectivity index (χ1n) is 3.02. The summed E-state index contributed by atoms with van der Waals surface area (Å²) in [6.45, 7) is 0.830. The first kappa shape index (κ1) is 4.50. The van der Waals surface area contributed by atoms with Crippen molar-refractivity contribution in [2.24, 2.45) is 5.92 Å². The van der Waals surface area contributed by atoms with Crippen molar-refractivity contribution in [1.82, 2.24) is 0 Å². The maximum absolute atomic E-state index is 10.7. The van der Waals surface area contributed by atoms with Gasteiger partial charge in [0.15, 0.2) is 5.78 Å². The molecule has 0 N–H and O–H groups in total. The summed E-state index contributed by atoms with van der Waals surface area (Å²) < 4.78 is 5.02. The van der Waals surface area contributed by atoms with Crippen LogP contribution >= 0.6 is 0 Å². The summed E-state index contributed by atoms with van der Waals surface area (Å²) in [6.07, 6.45) is 1.86. The van der Waals surface area contributed by atoms with Gasteiger partial charge in [-0.25, -0.2) is 0 Å². The summed E-state index contributed by atoms with van der Waals surface area (Å²) in [4.78, 5) is 10.7. The lowest BCUT2D eigenvalue weighted by Crippen LogP contribution is -2.39. The highest BCUT2D eigenvalue weighted by molar-refractivity contribution is 5.86. The van der Waals surface area contributed by atoms with Crippen LogP contribution in [0.25, 0.3) is 0 Å². The Bertz CT molecular complexity index is 130. The van der Waals surface area contributed by atoms with Crippen molar-refractivity contribution in [3.8, 4) is 0 Å². The van der Waals surface area contributed by atoms with Gasteiger partial charge in [0.2, 0.25) is 0 Å². The summed E-state index contributed by atoms with van der Waals surface area (Å²) in [5.41, 5.74) is 0. The summed E-state index contributed by atoms with van der Waals surface area (Å²) in [7, 11) is 0. The van der Waals surface area contributed by atoms with Gasteiger partial charge >= 0.3 is 0 Å². The second-order valence-electron chi connectivity index (χ2n) is 2.52. The zero-order chi connectivity index (χ0) is 5.56. The van der Waals surface area contributed by atoms with Crippen LogP contribution in [0.3, 0.4) is 0 Å². The van der Waals surface area contributed by atoms with Crippen LogP contribution in [-0.4, -0.2) is 18.5 Å². The number of ketones is 1. The Kier molecular flexibility index (Phi) is 0.742. The van der Waals surface area contributed by atoms with Gasteiger partial charge in [0, 0.05) is 12.3 Å². The Morgan fingerprint density at radius 2 is 2.50 bits per heavy atom. The third-order valence-electron chi connectivity index (χ3n) is 2.00. The topological polar surface area (TPSA) is 26.3 Å². The molecule has 2 rings (SSSR count). The highest BCUT2D eigenvalue weighted by Crippen LogP contribution is 2.33. The van der Waals surface area contributed by atoms with Crippen LogP contribution in [0.1, 0.15) is 12.8 Å². The van der Waals surface area contributed by atoms with Crippen LogP contribution in [0.5, 0.6) is 0 Å². The lowest BCUT2D eigenvalue weighted by molar-refractivity contribution is -0.146. The van der Waals surface area contributed by atoms with Crippen molar-refractivity contribution in [1.29, 1.82) is 0 Å². The van der Waals surface area contributed by atoms with Crippen molar-refractivity contribution in [3.05, 3.63) is 0 Å². The highest BCUT2D eigenvalue weighted by atomic mass is 16.5. The summed E-state index contributed by atoms with van der Waals surface area (Å²) in [6, 6.07) is 0. The van der Waals surface area contributed by atoms with Gasteiger partial charge in [0.1, 0.15) is 6.10 Å². The first-order valence-corrected chi connectivity index (χ1v) is 3.02. The van der Waals surface area contributed by atoms with Crippen LogP contribution < -0.4 is 0 Å². The van der Waals surface area contributed by atoms with Gasteiger partial charge in [0.05, 0.1) is 6.61 Å². The van der Waals surface area contributed by atoms with Crippen molar-refractivity contribution in [2.75, 3.05) is 6.61 Å². The molecule has 0 aromatic heterocycles. The predicted octanol–water partition coefficient (Wildman–Crippen LogP) is 0.364. The van der Waals surface area contributed by atoms with E-state index in [1.54, 1.807) is 0 Å². The van der Waals surface area contributed by atoms with E-state index in [0.717, 1.165) is 19.4 Å². The average molecular weight is 112 g/mol. The second kappa shape index (κ2) is 1.32. The maximum Gasteiger partial charge on any atom is 0.161 e. The van der Waals surface area contributed by atoms with E-state index >= 15 is 0 Å². The molecule has 2 atom stereocenters. The van der Waals surface area contributed by atoms with E-state index < -0.39 is 0 Å². The molecule has 2 fully saturated rings. The third kappa shape index (κ3) is 0.388. The number of ether oxygens (including phenoxy) is 1. The molecule has 2 unspecified atom stereocenters. The largest absolute Gasteiger partial charge is 0.370 e. The molecule has 8 heavy (non-hydrogen) atoms. The predicted molar refractivity (Wildman–Crippen MR) is 27.5 cm³/mol. The average Bonchev–Trinajstić information content (AvgIpc) is 1.80. The van der Waals surface area contributed by atoms with Crippen LogP contribution in [0.4, 0.5) is 0 Å². The minimum atomic E-state index is 0.0231. The van der Waals surface area contributed by atoms with E-state index in [0.29, 0.717) is 11.7 Å². The molecule has 1 saturated carbocycles. The first-order chi connectivity index (χ1) is 3.88. The van der Waals surface area contributed by atoms with Crippen LogP contribution in [0.15, 0.2) is 0 Å². The molecule has 2 aliphatic rings. The van der Waals surface area contributed by atoms with Crippen molar-refractivity contribution in [3.63, 3.8) is 0 Å². The Morgan fingerprint density at radius 1 is 1.62 bits per heavy atom. The normalized spacial score (nSPS) is 43.8. The standard InChI is InChI=1S/C6H8O2/c7-5-2-1-4-3-8-6(4)5/h4,6H,1-3H2. The van der Waals surface area contributed by atoms with Gasteiger partial charge in [-0.15, -0.1) is 0 Å². The van der Waals surface area contributed by atoms with E-state index in [1.165, 1.54) is 0 Å². The summed E-state index contributed by atoms with van der Waals surface area (Å²) in [5, 5.41) is 0. The number of carbonyl (C=O) groups excluding carboxylic acids is 1. The van der Waals surface area contributed by atoms with E-state index in [9.17, 15) is 4.79 Å².